The largest absolute Gasteiger partial charge is 0.409 e. The predicted molar refractivity (Wildman–Crippen MR) is 75.0 cm³/mol. The second-order valence-electron chi connectivity index (χ2n) is 5.21. The standard InChI is InChI=1S/C14H22N4O/c1-2-7-18(9-11-3-4-11)10-12-5-6-16-13(8-12)14(15)17-19/h5-6,8,11,19H,2-4,7,9-10H2,1H3,(H2,15,17). The average molecular weight is 262 g/mol. The Hall–Kier alpha value is -1.62. The van der Waals surface area contributed by atoms with E-state index in [0.29, 0.717) is 5.69 Å². The van der Waals surface area contributed by atoms with Gasteiger partial charge < -0.3 is 10.9 Å². The van der Waals surface area contributed by atoms with Crippen molar-refractivity contribution in [3.63, 3.8) is 0 Å². The van der Waals surface area contributed by atoms with Crippen molar-refractivity contribution in [3.05, 3.63) is 29.6 Å². The minimum atomic E-state index is 0.0612. The molecule has 0 amide bonds. The molecule has 1 aliphatic rings. The fraction of sp³-hybridized carbons (Fsp3) is 0.571. The summed E-state index contributed by atoms with van der Waals surface area (Å²) in [6, 6.07) is 3.88. The van der Waals surface area contributed by atoms with E-state index >= 15 is 0 Å². The molecule has 5 nitrogen and oxygen atoms in total. The van der Waals surface area contributed by atoms with E-state index in [1.807, 2.05) is 12.1 Å². The third kappa shape index (κ3) is 4.21. The first-order chi connectivity index (χ1) is 9.22. The van der Waals surface area contributed by atoms with Gasteiger partial charge in [-0.05, 0) is 49.4 Å². The zero-order valence-electron chi connectivity index (χ0n) is 11.4. The molecule has 1 aromatic rings. The number of oxime groups is 1. The molecule has 1 saturated carbocycles. The molecule has 0 spiro atoms. The maximum Gasteiger partial charge on any atom is 0.188 e. The van der Waals surface area contributed by atoms with E-state index < -0.39 is 0 Å². The molecule has 3 N–H and O–H groups in total. The maximum atomic E-state index is 8.68. The first-order valence-electron chi connectivity index (χ1n) is 6.88. The number of nitrogens with two attached hydrogens (primary N) is 1. The zero-order valence-corrected chi connectivity index (χ0v) is 11.4. The molecule has 104 valence electrons. The lowest BCUT2D eigenvalue weighted by molar-refractivity contribution is 0.255. The van der Waals surface area contributed by atoms with Gasteiger partial charge in [-0.15, -0.1) is 0 Å². The van der Waals surface area contributed by atoms with E-state index in [4.69, 9.17) is 10.9 Å². The monoisotopic (exact) mass is 262 g/mol. The van der Waals surface area contributed by atoms with Crippen molar-refractivity contribution in [3.8, 4) is 0 Å². The van der Waals surface area contributed by atoms with Crippen LogP contribution in [0.25, 0.3) is 0 Å². The van der Waals surface area contributed by atoms with Crippen molar-refractivity contribution in [2.75, 3.05) is 13.1 Å². The molecule has 5 heteroatoms. The third-order valence-corrected chi connectivity index (χ3v) is 3.35. The number of pyridine rings is 1. The fourth-order valence-corrected chi connectivity index (χ4v) is 2.24. The van der Waals surface area contributed by atoms with Gasteiger partial charge in [-0.2, -0.15) is 0 Å². The van der Waals surface area contributed by atoms with Crippen LogP contribution in [-0.2, 0) is 6.54 Å². The molecule has 0 aliphatic heterocycles. The summed E-state index contributed by atoms with van der Waals surface area (Å²) in [5.74, 6) is 0.947. The van der Waals surface area contributed by atoms with Crippen molar-refractivity contribution in [1.29, 1.82) is 0 Å². The molecule has 2 rings (SSSR count). The van der Waals surface area contributed by atoms with Crippen LogP contribution in [0.5, 0.6) is 0 Å². The lowest BCUT2D eigenvalue weighted by Crippen LogP contribution is -2.26. The van der Waals surface area contributed by atoms with E-state index in [0.717, 1.165) is 31.0 Å². The van der Waals surface area contributed by atoms with Crippen LogP contribution in [0, 0.1) is 5.92 Å². The van der Waals surface area contributed by atoms with Gasteiger partial charge in [0.1, 0.15) is 5.69 Å². The van der Waals surface area contributed by atoms with Gasteiger partial charge >= 0.3 is 0 Å². The third-order valence-electron chi connectivity index (χ3n) is 3.35. The smallest absolute Gasteiger partial charge is 0.188 e. The Morgan fingerprint density at radius 2 is 2.37 bits per heavy atom. The van der Waals surface area contributed by atoms with Crippen LogP contribution >= 0.6 is 0 Å². The number of nitrogens with zero attached hydrogens (tertiary/aromatic N) is 3. The van der Waals surface area contributed by atoms with E-state index in [2.05, 4.69) is 22.0 Å². The summed E-state index contributed by atoms with van der Waals surface area (Å²) >= 11 is 0. The average Bonchev–Trinajstić information content (AvgIpc) is 3.22. The first kappa shape index (κ1) is 13.8. The summed E-state index contributed by atoms with van der Waals surface area (Å²) in [5, 5.41) is 11.7. The van der Waals surface area contributed by atoms with E-state index in [9.17, 15) is 0 Å². The van der Waals surface area contributed by atoms with Gasteiger partial charge in [0.15, 0.2) is 5.84 Å². The molecule has 0 atom stereocenters. The highest BCUT2D eigenvalue weighted by molar-refractivity contribution is 5.95. The molecule has 1 aromatic heterocycles. The van der Waals surface area contributed by atoms with Crippen molar-refractivity contribution >= 4 is 5.84 Å². The zero-order chi connectivity index (χ0) is 13.7. The highest BCUT2D eigenvalue weighted by Crippen LogP contribution is 2.30. The molecular formula is C14H22N4O. The van der Waals surface area contributed by atoms with Crippen LogP contribution in [-0.4, -0.2) is 34.0 Å². The van der Waals surface area contributed by atoms with Crippen LogP contribution in [0.15, 0.2) is 23.5 Å². The summed E-state index contributed by atoms with van der Waals surface area (Å²) in [5.41, 5.74) is 7.26. The maximum absolute atomic E-state index is 8.68. The summed E-state index contributed by atoms with van der Waals surface area (Å²) in [7, 11) is 0. The van der Waals surface area contributed by atoms with Crippen LogP contribution in [0.3, 0.4) is 0 Å². The molecule has 1 fully saturated rings. The Kier molecular flexibility index (Phi) is 4.74. The molecule has 1 heterocycles. The van der Waals surface area contributed by atoms with Crippen molar-refractivity contribution in [2.24, 2.45) is 16.8 Å². The fourth-order valence-electron chi connectivity index (χ4n) is 2.24. The van der Waals surface area contributed by atoms with Gasteiger partial charge in [0, 0.05) is 19.3 Å². The second-order valence-corrected chi connectivity index (χ2v) is 5.21. The topological polar surface area (TPSA) is 74.7 Å². The Morgan fingerprint density at radius 1 is 1.58 bits per heavy atom. The Labute approximate surface area is 114 Å². The molecular weight excluding hydrogens is 240 g/mol. The molecule has 0 aromatic carbocycles. The summed E-state index contributed by atoms with van der Waals surface area (Å²) < 4.78 is 0. The normalized spacial score (nSPS) is 16.0. The van der Waals surface area contributed by atoms with Gasteiger partial charge in [0.25, 0.3) is 0 Å². The van der Waals surface area contributed by atoms with Crippen LogP contribution in [0.2, 0.25) is 0 Å². The summed E-state index contributed by atoms with van der Waals surface area (Å²) in [6.45, 7) is 5.39. The molecule has 0 unspecified atom stereocenters. The summed E-state index contributed by atoms with van der Waals surface area (Å²) in [6.07, 6.45) is 5.60. The second kappa shape index (κ2) is 6.52. The van der Waals surface area contributed by atoms with E-state index in [1.165, 1.54) is 19.4 Å². The molecule has 19 heavy (non-hydrogen) atoms. The minimum absolute atomic E-state index is 0.0612. The van der Waals surface area contributed by atoms with Gasteiger partial charge in [0.05, 0.1) is 0 Å². The minimum Gasteiger partial charge on any atom is -0.409 e. The quantitative estimate of drug-likeness (QED) is 0.340. The summed E-state index contributed by atoms with van der Waals surface area (Å²) in [4.78, 5) is 6.58. The Morgan fingerprint density at radius 3 is 3.00 bits per heavy atom. The van der Waals surface area contributed by atoms with Crippen LogP contribution < -0.4 is 5.73 Å². The van der Waals surface area contributed by atoms with Gasteiger partial charge in [-0.25, -0.2) is 0 Å². The number of amidine groups is 1. The number of hydrogen-bond acceptors (Lipinski definition) is 4. The van der Waals surface area contributed by atoms with Gasteiger partial charge in [0.2, 0.25) is 0 Å². The van der Waals surface area contributed by atoms with E-state index in [-0.39, 0.29) is 5.84 Å². The van der Waals surface area contributed by atoms with Crippen LogP contribution in [0.4, 0.5) is 0 Å². The van der Waals surface area contributed by atoms with Crippen molar-refractivity contribution in [1.82, 2.24) is 9.88 Å². The predicted octanol–water partition coefficient (Wildman–Crippen LogP) is 1.80. The van der Waals surface area contributed by atoms with Crippen molar-refractivity contribution in [2.45, 2.75) is 32.7 Å². The van der Waals surface area contributed by atoms with E-state index in [1.54, 1.807) is 6.20 Å². The lowest BCUT2D eigenvalue weighted by atomic mass is 10.2. The first-order valence-corrected chi connectivity index (χ1v) is 6.88. The highest BCUT2D eigenvalue weighted by atomic mass is 16.4. The molecule has 0 bridgehead atoms. The number of hydrogen-bond donors (Lipinski definition) is 2. The SMILES string of the molecule is CCCN(Cc1ccnc(C(N)=NO)c1)CC1CC1. The van der Waals surface area contributed by atoms with Crippen LogP contribution in [0.1, 0.15) is 37.4 Å². The molecule has 0 saturated heterocycles. The number of aromatic nitrogens is 1. The Balaban J connectivity index is 2.02. The molecule has 0 radical (unpaired) electrons. The van der Waals surface area contributed by atoms with Gasteiger partial charge in [-0.3, -0.25) is 9.88 Å². The highest BCUT2D eigenvalue weighted by Gasteiger charge is 2.23. The Bertz CT molecular complexity index is 443. The molecule has 1 aliphatic carbocycles. The number of rotatable bonds is 7. The lowest BCUT2D eigenvalue weighted by Gasteiger charge is -2.21. The van der Waals surface area contributed by atoms with Crippen molar-refractivity contribution < 1.29 is 5.21 Å². The van der Waals surface area contributed by atoms with Gasteiger partial charge in [-0.1, -0.05) is 12.1 Å².